The Kier molecular flexibility index (Phi) is 5.14. The number of anilines is 2. The summed E-state index contributed by atoms with van der Waals surface area (Å²) in [6.45, 7) is 11.3. The van der Waals surface area contributed by atoms with Crippen molar-refractivity contribution in [2.45, 2.75) is 57.9 Å². The molecule has 148 valence electrons. The molecular formula is C24H25N3OS. The first kappa shape index (κ1) is 19.6. The van der Waals surface area contributed by atoms with E-state index in [1.807, 2.05) is 19.1 Å². The molecule has 0 radical (unpaired) electrons. The fourth-order valence-corrected chi connectivity index (χ4v) is 5.08. The van der Waals surface area contributed by atoms with Crippen LogP contribution in [0.5, 0.6) is 0 Å². The van der Waals surface area contributed by atoms with Crippen molar-refractivity contribution in [2.75, 3.05) is 9.80 Å². The zero-order chi connectivity index (χ0) is 20.6. The Labute approximate surface area is 177 Å². The van der Waals surface area contributed by atoms with E-state index in [1.165, 1.54) is 5.56 Å². The van der Waals surface area contributed by atoms with Gasteiger partial charge in [0.05, 0.1) is 6.57 Å². The summed E-state index contributed by atoms with van der Waals surface area (Å²) in [5.41, 5.74) is 3.76. The van der Waals surface area contributed by atoms with Crippen LogP contribution in [0.15, 0.2) is 42.5 Å². The number of carbonyl (C=O) groups excluding carboxylic acids is 1. The van der Waals surface area contributed by atoms with Crippen LogP contribution in [0, 0.1) is 20.4 Å². The van der Waals surface area contributed by atoms with Crippen LogP contribution >= 0.6 is 12.2 Å². The van der Waals surface area contributed by atoms with Crippen molar-refractivity contribution in [1.82, 2.24) is 0 Å². The van der Waals surface area contributed by atoms with E-state index in [4.69, 9.17) is 18.8 Å². The van der Waals surface area contributed by atoms with E-state index in [-0.39, 0.29) is 5.91 Å². The Morgan fingerprint density at radius 2 is 1.59 bits per heavy atom. The Bertz CT molecular complexity index is 998. The van der Waals surface area contributed by atoms with Crippen LogP contribution in [-0.4, -0.2) is 16.6 Å². The van der Waals surface area contributed by atoms with Crippen LogP contribution in [0.3, 0.4) is 0 Å². The third-order valence-electron chi connectivity index (χ3n) is 6.19. The van der Waals surface area contributed by atoms with Gasteiger partial charge in [-0.1, -0.05) is 49.4 Å². The second-order valence-electron chi connectivity index (χ2n) is 8.12. The molecule has 0 bridgehead atoms. The molecule has 2 aromatic carbocycles. The Morgan fingerprint density at radius 1 is 0.966 bits per heavy atom. The van der Waals surface area contributed by atoms with Gasteiger partial charge < -0.3 is 4.90 Å². The van der Waals surface area contributed by atoms with Gasteiger partial charge in [-0.05, 0) is 68.7 Å². The molecule has 1 saturated heterocycles. The van der Waals surface area contributed by atoms with Gasteiger partial charge in [0.15, 0.2) is 10.8 Å². The molecular weight excluding hydrogens is 378 g/mol. The molecule has 2 aromatic rings. The van der Waals surface area contributed by atoms with Crippen LogP contribution in [-0.2, 0) is 4.79 Å². The molecule has 4 nitrogen and oxygen atoms in total. The summed E-state index contributed by atoms with van der Waals surface area (Å²) in [6, 6.07) is 13.8. The summed E-state index contributed by atoms with van der Waals surface area (Å²) in [7, 11) is 0. The smallest absolute Gasteiger partial charge is 0.259 e. The van der Waals surface area contributed by atoms with E-state index in [2.05, 4.69) is 40.9 Å². The molecule has 1 amide bonds. The standard InChI is InChI=1S/C24H25N3OS/c1-17-8-10-19(11-9-17)27-23(29)26(20-12-13-21(25-3)18(2)16-20)22(28)24(27)14-6-4-5-7-15-24/h8-13,16H,4-7,14-15H2,1-2H3. The molecule has 5 heteroatoms. The summed E-state index contributed by atoms with van der Waals surface area (Å²) >= 11 is 5.91. The topological polar surface area (TPSA) is 27.9 Å². The lowest BCUT2D eigenvalue weighted by Crippen LogP contribution is -2.49. The minimum Gasteiger partial charge on any atom is -0.303 e. The fourth-order valence-electron chi connectivity index (χ4n) is 4.61. The molecule has 0 atom stereocenters. The number of hydrogen-bond donors (Lipinski definition) is 0. The van der Waals surface area contributed by atoms with E-state index in [0.29, 0.717) is 10.8 Å². The second kappa shape index (κ2) is 7.61. The summed E-state index contributed by atoms with van der Waals surface area (Å²) < 4.78 is 0. The van der Waals surface area contributed by atoms with E-state index in [9.17, 15) is 4.79 Å². The lowest BCUT2D eigenvalue weighted by atomic mass is 9.88. The first-order valence-corrected chi connectivity index (χ1v) is 10.6. The van der Waals surface area contributed by atoms with Crippen molar-refractivity contribution in [2.24, 2.45) is 0 Å². The van der Waals surface area contributed by atoms with E-state index in [0.717, 1.165) is 55.5 Å². The molecule has 2 aliphatic rings. The highest BCUT2D eigenvalue weighted by atomic mass is 32.1. The molecule has 0 N–H and O–H groups in total. The maximum absolute atomic E-state index is 13.9. The number of aryl methyl sites for hydroxylation is 2. The van der Waals surface area contributed by atoms with Crippen molar-refractivity contribution < 1.29 is 4.79 Å². The van der Waals surface area contributed by atoms with Gasteiger partial charge in [-0.15, -0.1) is 0 Å². The maximum Gasteiger partial charge on any atom is 0.259 e. The minimum absolute atomic E-state index is 0.0694. The molecule has 4 rings (SSSR count). The molecule has 2 fully saturated rings. The molecule has 0 aromatic heterocycles. The minimum atomic E-state index is -0.616. The number of thiocarbonyl (C=S) groups is 1. The third-order valence-corrected chi connectivity index (χ3v) is 6.56. The monoisotopic (exact) mass is 403 g/mol. The van der Waals surface area contributed by atoms with Crippen LogP contribution in [0.25, 0.3) is 4.85 Å². The SMILES string of the molecule is [C-]#[N+]c1ccc(N2C(=O)C3(CCCCCC3)N(c3ccc(C)cc3)C2=S)cc1C. The molecule has 1 saturated carbocycles. The van der Waals surface area contributed by atoms with Crippen LogP contribution in [0.2, 0.25) is 0 Å². The highest BCUT2D eigenvalue weighted by molar-refractivity contribution is 7.81. The molecule has 1 heterocycles. The zero-order valence-electron chi connectivity index (χ0n) is 16.9. The van der Waals surface area contributed by atoms with Gasteiger partial charge >= 0.3 is 0 Å². The number of amides is 1. The normalized spacial score (nSPS) is 18.8. The van der Waals surface area contributed by atoms with Crippen LogP contribution in [0.4, 0.5) is 17.1 Å². The molecule has 0 unspecified atom stereocenters. The summed E-state index contributed by atoms with van der Waals surface area (Å²) in [4.78, 5) is 21.2. The highest BCUT2D eigenvalue weighted by Gasteiger charge is 2.55. The Morgan fingerprint density at radius 3 is 2.17 bits per heavy atom. The summed E-state index contributed by atoms with van der Waals surface area (Å²) in [5, 5.41) is 0.538. The zero-order valence-corrected chi connectivity index (χ0v) is 17.8. The average molecular weight is 404 g/mol. The fraction of sp³-hybridized carbons (Fsp3) is 0.375. The van der Waals surface area contributed by atoms with Crippen LogP contribution < -0.4 is 9.80 Å². The van der Waals surface area contributed by atoms with Gasteiger partial charge in [-0.3, -0.25) is 9.69 Å². The van der Waals surface area contributed by atoms with Gasteiger partial charge in [0, 0.05) is 11.4 Å². The largest absolute Gasteiger partial charge is 0.303 e. The third kappa shape index (κ3) is 3.22. The Hall–Kier alpha value is -2.71. The number of hydrogen-bond acceptors (Lipinski definition) is 2. The van der Waals surface area contributed by atoms with Gasteiger partial charge in [-0.25, -0.2) is 4.85 Å². The predicted molar refractivity (Wildman–Crippen MR) is 122 cm³/mol. The van der Waals surface area contributed by atoms with Crippen molar-refractivity contribution in [3.05, 3.63) is 65.0 Å². The van der Waals surface area contributed by atoms with Crippen molar-refractivity contribution in [3.8, 4) is 0 Å². The van der Waals surface area contributed by atoms with Crippen molar-refractivity contribution >= 4 is 40.3 Å². The van der Waals surface area contributed by atoms with E-state index >= 15 is 0 Å². The highest BCUT2D eigenvalue weighted by Crippen LogP contribution is 2.44. The lowest BCUT2D eigenvalue weighted by Gasteiger charge is -2.35. The molecule has 1 aliphatic heterocycles. The number of carbonyl (C=O) groups is 1. The average Bonchev–Trinajstić information content (AvgIpc) is 2.87. The van der Waals surface area contributed by atoms with Gasteiger partial charge in [0.1, 0.15) is 5.54 Å². The predicted octanol–water partition coefficient (Wildman–Crippen LogP) is 6.09. The first-order chi connectivity index (χ1) is 14.0. The van der Waals surface area contributed by atoms with E-state index < -0.39 is 5.54 Å². The number of benzene rings is 2. The van der Waals surface area contributed by atoms with Gasteiger partial charge in [-0.2, -0.15) is 0 Å². The molecule has 29 heavy (non-hydrogen) atoms. The maximum atomic E-state index is 13.9. The van der Waals surface area contributed by atoms with Crippen molar-refractivity contribution in [1.29, 1.82) is 0 Å². The summed E-state index contributed by atoms with van der Waals surface area (Å²) in [6.07, 6.45) is 6.00. The summed E-state index contributed by atoms with van der Waals surface area (Å²) in [5.74, 6) is 0.0694. The van der Waals surface area contributed by atoms with Gasteiger partial charge in [0.2, 0.25) is 0 Å². The van der Waals surface area contributed by atoms with E-state index in [1.54, 1.807) is 11.0 Å². The number of rotatable bonds is 2. The lowest BCUT2D eigenvalue weighted by molar-refractivity contribution is -0.121. The molecule has 1 spiro atoms. The molecule has 1 aliphatic carbocycles. The quantitative estimate of drug-likeness (QED) is 0.449. The Balaban J connectivity index is 1.84. The number of nitrogens with zero attached hydrogens (tertiary/aromatic N) is 3. The second-order valence-corrected chi connectivity index (χ2v) is 8.49. The van der Waals surface area contributed by atoms with Gasteiger partial charge in [0.25, 0.3) is 5.91 Å². The van der Waals surface area contributed by atoms with Crippen molar-refractivity contribution in [3.63, 3.8) is 0 Å². The van der Waals surface area contributed by atoms with Crippen LogP contribution in [0.1, 0.15) is 49.7 Å². The first-order valence-electron chi connectivity index (χ1n) is 10.2.